The zero-order chi connectivity index (χ0) is 14.7. The largest absolute Gasteiger partial charge is 0.372 e. The highest BCUT2D eigenvalue weighted by Crippen LogP contribution is 2.20. The molecule has 4 N–H and O–H groups in total. The first kappa shape index (κ1) is 13.7. The van der Waals surface area contributed by atoms with Crippen LogP contribution in [0.25, 0.3) is 0 Å². The Balaban J connectivity index is 2.40. The molecule has 0 aliphatic rings. The van der Waals surface area contributed by atoms with E-state index in [-0.39, 0.29) is 11.4 Å². The number of nitrogens with one attached hydrogen (secondary N) is 2. The number of pyridine rings is 1. The highest BCUT2D eigenvalue weighted by atomic mass is 19.1. The maximum Gasteiger partial charge on any atom is 0.271 e. The van der Waals surface area contributed by atoms with E-state index in [0.29, 0.717) is 17.3 Å². The molecule has 7 nitrogen and oxygen atoms in total. The Morgan fingerprint density at radius 1 is 1.30 bits per heavy atom. The highest BCUT2D eigenvalue weighted by Gasteiger charge is 2.13. The van der Waals surface area contributed by atoms with Gasteiger partial charge in [0.05, 0.1) is 11.4 Å². The van der Waals surface area contributed by atoms with Gasteiger partial charge in [0.2, 0.25) is 0 Å². The van der Waals surface area contributed by atoms with Crippen molar-refractivity contribution < 1.29 is 9.18 Å². The number of aromatic nitrogens is 3. The van der Waals surface area contributed by atoms with Crippen LogP contribution in [-0.4, -0.2) is 28.1 Å². The van der Waals surface area contributed by atoms with Gasteiger partial charge >= 0.3 is 0 Å². The van der Waals surface area contributed by atoms with Crippen molar-refractivity contribution in [3.05, 3.63) is 35.4 Å². The molecule has 104 valence electrons. The molecule has 0 bridgehead atoms. The average molecular weight is 276 g/mol. The summed E-state index contributed by atoms with van der Waals surface area (Å²) in [5.41, 5.74) is 5.80. The van der Waals surface area contributed by atoms with Gasteiger partial charge in [-0.1, -0.05) is 0 Å². The van der Waals surface area contributed by atoms with E-state index in [1.54, 1.807) is 20.0 Å². The van der Waals surface area contributed by atoms with Crippen molar-refractivity contribution in [2.24, 2.45) is 5.73 Å². The maximum absolute atomic E-state index is 13.2. The number of carbonyl (C=O) groups excluding carboxylic acids is 1. The summed E-state index contributed by atoms with van der Waals surface area (Å²) in [6.45, 7) is 1.54. The van der Waals surface area contributed by atoms with Crippen molar-refractivity contribution in [3.63, 3.8) is 0 Å². The number of rotatable bonds is 4. The van der Waals surface area contributed by atoms with Crippen molar-refractivity contribution in [1.82, 2.24) is 15.2 Å². The number of hydrogen-bond donors (Lipinski definition) is 3. The molecule has 0 fully saturated rings. The quantitative estimate of drug-likeness (QED) is 0.775. The zero-order valence-electron chi connectivity index (χ0n) is 10.9. The lowest BCUT2D eigenvalue weighted by atomic mass is 10.3. The topological polar surface area (TPSA) is 106 Å². The monoisotopic (exact) mass is 276 g/mol. The molecular formula is C12H13FN6O. The Labute approximate surface area is 114 Å². The van der Waals surface area contributed by atoms with Gasteiger partial charge in [-0.15, -0.1) is 10.2 Å². The second kappa shape index (κ2) is 5.47. The van der Waals surface area contributed by atoms with Crippen LogP contribution in [-0.2, 0) is 0 Å². The fraction of sp³-hybridized carbons (Fsp3) is 0.167. The Hall–Kier alpha value is -2.77. The molecule has 2 heterocycles. The van der Waals surface area contributed by atoms with E-state index < -0.39 is 11.7 Å². The van der Waals surface area contributed by atoms with Crippen LogP contribution in [0.3, 0.4) is 0 Å². The van der Waals surface area contributed by atoms with Crippen LogP contribution in [0, 0.1) is 12.7 Å². The van der Waals surface area contributed by atoms with Crippen LogP contribution in [0.15, 0.2) is 18.2 Å². The minimum atomic E-state index is -0.721. The van der Waals surface area contributed by atoms with Gasteiger partial charge in [-0.3, -0.25) is 4.79 Å². The first-order valence-electron chi connectivity index (χ1n) is 5.76. The smallest absolute Gasteiger partial charge is 0.271 e. The molecule has 20 heavy (non-hydrogen) atoms. The average Bonchev–Trinajstić information content (AvgIpc) is 2.42. The Bertz CT molecular complexity index is 660. The van der Waals surface area contributed by atoms with Gasteiger partial charge in [-0.25, -0.2) is 9.37 Å². The van der Waals surface area contributed by atoms with E-state index >= 15 is 0 Å². The van der Waals surface area contributed by atoms with Crippen LogP contribution < -0.4 is 16.4 Å². The maximum atomic E-state index is 13.2. The zero-order valence-corrected chi connectivity index (χ0v) is 10.9. The van der Waals surface area contributed by atoms with Gasteiger partial charge in [0.25, 0.3) is 5.91 Å². The molecule has 0 radical (unpaired) electrons. The molecule has 0 aromatic carbocycles. The van der Waals surface area contributed by atoms with Crippen molar-refractivity contribution in [3.8, 4) is 0 Å². The number of halogens is 1. The second-order valence-electron chi connectivity index (χ2n) is 3.99. The molecule has 0 saturated heterocycles. The Kier molecular flexibility index (Phi) is 3.74. The molecule has 0 saturated carbocycles. The summed E-state index contributed by atoms with van der Waals surface area (Å²) in [7, 11) is 1.66. The van der Waals surface area contributed by atoms with E-state index in [1.165, 1.54) is 12.1 Å². The van der Waals surface area contributed by atoms with Crippen molar-refractivity contribution in [2.45, 2.75) is 6.92 Å². The van der Waals surface area contributed by atoms with E-state index in [9.17, 15) is 9.18 Å². The van der Waals surface area contributed by atoms with Crippen LogP contribution in [0.1, 0.15) is 16.2 Å². The molecular weight excluding hydrogens is 263 g/mol. The van der Waals surface area contributed by atoms with Crippen LogP contribution in [0.4, 0.5) is 21.7 Å². The second-order valence-corrected chi connectivity index (χ2v) is 3.99. The summed E-state index contributed by atoms with van der Waals surface area (Å²) in [6.07, 6.45) is 0. The third kappa shape index (κ3) is 2.79. The molecule has 8 heteroatoms. The first-order chi connectivity index (χ1) is 9.51. The minimum absolute atomic E-state index is 0.0206. The number of carbonyl (C=O) groups is 1. The molecule has 0 atom stereocenters. The third-order valence-corrected chi connectivity index (χ3v) is 2.57. The molecule has 2 rings (SSSR count). The fourth-order valence-corrected chi connectivity index (χ4v) is 1.54. The number of nitrogens with two attached hydrogens (primary N) is 1. The summed E-state index contributed by atoms with van der Waals surface area (Å²) in [4.78, 5) is 15.3. The standard InChI is InChI=1S/C12H13FN6O/c1-6-7(13)3-4-9(16-6)17-8-5-10(15-2)18-19-11(8)12(14)20/h3-5H,1-2H3,(H2,14,20)(H2,15,16,17,18). The number of anilines is 3. The van der Waals surface area contributed by atoms with E-state index in [0.717, 1.165) is 0 Å². The van der Waals surface area contributed by atoms with Crippen molar-refractivity contribution in [2.75, 3.05) is 17.7 Å². The molecule has 0 aliphatic carbocycles. The SMILES string of the molecule is CNc1cc(Nc2ccc(F)c(C)n2)c(C(N)=O)nn1. The van der Waals surface area contributed by atoms with E-state index in [1.807, 2.05) is 0 Å². The lowest BCUT2D eigenvalue weighted by Gasteiger charge is -2.10. The molecule has 1 amide bonds. The minimum Gasteiger partial charge on any atom is -0.372 e. The van der Waals surface area contributed by atoms with Gasteiger partial charge in [0.1, 0.15) is 11.6 Å². The van der Waals surface area contributed by atoms with E-state index in [4.69, 9.17) is 5.73 Å². The summed E-state index contributed by atoms with van der Waals surface area (Å²) in [5, 5.41) is 13.2. The predicted octanol–water partition coefficient (Wildman–Crippen LogP) is 1.20. The summed E-state index contributed by atoms with van der Waals surface area (Å²) < 4.78 is 13.2. The highest BCUT2D eigenvalue weighted by molar-refractivity contribution is 5.97. The fourth-order valence-electron chi connectivity index (χ4n) is 1.54. The Morgan fingerprint density at radius 3 is 2.65 bits per heavy atom. The molecule has 2 aromatic heterocycles. The van der Waals surface area contributed by atoms with Gasteiger partial charge in [0.15, 0.2) is 11.5 Å². The van der Waals surface area contributed by atoms with Crippen LogP contribution in [0.2, 0.25) is 0 Å². The number of hydrogen-bond acceptors (Lipinski definition) is 6. The lowest BCUT2D eigenvalue weighted by molar-refractivity contribution is 0.0995. The normalized spacial score (nSPS) is 10.2. The third-order valence-electron chi connectivity index (χ3n) is 2.57. The molecule has 2 aromatic rings. The van der Waals surface area contributed by atoms with Gasteiger partial charge in [0, 0.05) is 13.1 Å². The van der Waals surface area contributed by atoms with Gasteiger partial charge in [-0.05, 0) is 19.1 Å². The number of nitrogens with zero attached hydrogens (tertiary/aromatic N) is 3. The van der Waals surface area contributed by atoms with Crippen LogP contribution in [0.5, 0.6) is 0 Å². The first-order valence-corrected chi connectivity index (χ1v) is 5.76. The summed E-state index contributed by atoms with van der Waals surface area (Å²) in [6, 6.07) is 4.29. The van der Waals surface area contributed by atoms with Crippen LogP contribution >= 0.6 is 0 Å². The number of aryl methyl sites for hydroxylation is 1. The molecule has 0 spiro atoms. The predicted molar refractivity (Wildman–Crippen MR) is 72.3 cm³/mol. The Morgan fingerprint density at radius 2 is 2.05 bits per heavy atom. The van der Waals surface area contributed by atoms with Gasteiger partial charge < -0.3 is 16.4 Å². The lowest BCUT2D eigenvalue weighted by Crippen LogP contribution is -2.17. The summed E-state index contributed by atoms with van der Waals surface area (Å²) >= 11 is 0. The molecule has 0 aliphatic heterocycles. The molecule has 0 unspecified atom stereocenters. The number of amides is 1. The van der Waals surface area contributed by atoms with Crippen molar-refractivity contribution in [1.29, 1.82) is 0 Å². The number of primary amides is 1. The summed E-state index contributed by atoms with van der Waals surface area (Å²) in [5.74, 6) is -0.297. The van der Waals surface area contributed by atoms with Gasteiger partial charge in [-0.2, -0.15) is 0 Å². The van der Waals surface area contributed by atoms with Crippen molar-refractivity contribution >= 4 is 23.2 Å². The van der Waals surface area contributed by atoms with E-state index in [2.05, 4.69) is 25.8 Å².